The topological polar surface area (TPSA) is 69.7 Å². The summed E-state index contributed by atoms with van der Waals surface area (Å²) in [6, 6.07) is 5.78. The van der Waals surface area contributed by atoms with Crippen molar-refractivity contribution in [3.63, 3.8) is 0 Å². The van der Waals surface area contributed by atoms with Gasteiger partial charge in [0.1, 0.15) is 11.2 Å². The molecule has 0 aliphatic heterocycles. The molecule has 0 aliphatic carbocycles. The van der Waals surface area contributed by atoms with Gasteiger partial charge in [-0.25, -0.2) is 4.79 Å². The second-order valence-corrected chi connectivity index (χ2v) is 5.12. The quantitative estimate of drug-likeness (QED) is 0.359. The van der Waals surface area contributed by atoms with Gasteiger partial charge in [0.05, 0.1) is 6.61 Å². The smallest absolute Gasteiger partial charge is 0.370 e. The number of rotatable bonds is 5. The lowest BCUT2D eigenvalue weighted by molar-refractivity contribution is -0.140. The molecular formula is C12H13FO5S. The first-order valence-corrected chi connectivity index (χ1v) is 6.80. The minimum atomic E-state index is -4.14. The number of hydrogen-bond acceptors (Lipinski definition) is 5. The molecule has 0 fully saturated rings. The summed E-state index contributed by atoms with van der Waals surface area (Å²) in [5.74, 6) is -2.70. The number of benzene rings is 1. The van der Waals surface area contributed by atoms with Crippen molar-refractivity contribution in [3.05, 3.63) is 41.9 Å². The summed E-state index contributed by atoms with van der Waals surface area (Å²) in [7, 11) is -4.14. The Labute approximate surface area is 110 Å². The predicted octanol–water partition coefficient (Wildman–Crippen LogP) is 2.07. The highest BCUT2D eigenvalue weighted by molar-refractivity contribution is 7.86. The highest BCUT2D eigenvalue weighted by atomic mass is 32.2. The van der Waals surface area contributed by atoms with Gasteiger partial charge in [0.25, 0.3) is 0 Å². The second kappa shape index (κ2) is 6.33. The van der Waals surface area contributed by atoms with Crippen molar-refractivity contribution in [3.8, 4) is 0 Å². The molecule has 0 aromatic heterocycles. The Morgan fingerprint density at radius 2 is 1.89 bits per heavy atom. The second-order valence-electron chi connectivity index (χ2n) is 3.55. The minimum Gasteiger partial charge on any atom is -0.461 e. The fraction of sp³-hybridized carbons (Fsp3) is 0.250. The fourth-order valence-corrected chi connectivity index (χ4v) is 1.91. The standard InChI is InChI=1S/C12H13FO5S/c1-3-17-12(14)11(13)8-18-19(15,16)10-6-4-9(2)5-7-10/h4-8H,3H2,1-2H3. The molecule has 5 nitrogen and oxygen atoms in total. The zero-order chi connectivity index (χ0) is 14.5. The van der Waals surface area contributed by atoms with E-state index in [-0.39, 0.29) is 17.8 Å². The summed E-state index contributed by atoms with van der Waals surface area (Å²) in [5.41, 5.74) is 0.868. The van der Waals surface area contributed by atoms with E-state index in [1.54, 1.807) is 19.1 Å². The van der Waals surface area contributed by atoms with Gasteiger partial charge in [0, 0.05) is 0 Å². The predicted molar refractivity (Wildman–Crippen MR) is 65.3 cm³/mol. The Hall–Kier alpha value is -1.89. The first-order valence-electron chi connectivity index (χ1n) is 5.39. The van der Waals surface area contributed by atoms with Crippen LogP contribution in [0.5, 0.6) is 0 Å². The molecule has 0 radical (unpaired) electrons. The van der Waals surface area contributed by atoms with Crippen molar-refractivity contribution in [2.45, 2.75) is 18.7 Å². The number of carbonyl (C=O) groups is 1. The first-order chi connectivity index (χ1) is 8.86. The summed E-state index contributed by atoms with van der Waals surface area (Å²) in [6.07, 6.45) is 0.215. The zero-order valence-electron chi connectivity index (χ0n) is 10.4. The molecule has 0 N–H and O–H groups in total. The monoisotopic (exact) mass is 288 g/mol. The molecule has 0 unspecified atom stereocenters. The van der Waals surface area contributed by atoms with Gasteiger partial charge in [0.15, 0.2) is 0 Å². The van der Waals surface area contributed by atoms with E-state index in [4.69, 9.17) is 0 Å². The largest absolute Gasteiger partial charge is 0.461 e. The van der Waals surface area contributed by atoms with Crippen LogP contribution in [0.1, 0.15) is 12.5 Å². The van der Waals surface area contributed by atoms with E-state index in [2.05, 4.69) is 8.92 Å². The lowest BCUT2D eigenvalue weighted by Gasteiger charge is -2.03. The fourth-order valence-electron chi connectivity index (χ4n) is 1.11. The number of esters is 1. The van der Waals surface area contributed by atoms with Gasteiger partial charge in [-0.15, -0.1) is 0 Å². The van der Waals surface area contributed by atoms with Gasteiger partial charge >= 0.3 is 16.1 Å². The number of carbonyl (C=O) groups excluding carboxylic acids is 1. The van der Waals surface area contributed by atoms with E-state index in [0.29, 0.717) is 0 Å². The van der Waals surface area contributed by atoms with Crippen molar-refractivity contribution >= 4 is 16.1 Å². The van der Waals surface area contributed by atoms with Gasteiger partial charge in [-0.2, -0.15) is 12.8 Å². The normalized spacial score (nSPS) is 12.1. The van der Waals surface area contributed by atoms with Gasteiger partial charge in [-0.3, -0.25) is 0 Å². The van der Waals surface area contributed by atoms with Crippen molar-refractivity contribution in [2.24, 2.45) is 0 Å². The Morgan fingerprint density at radius 1 is 1.32 bits per heavy atom. The van der Waals surface area contributed by atoms with Crippen molar-refractivity contribution < 1.29 is 26.5 Å². The summed E-state index contributed by atoms with van der Waals surface area (Å²) in [5, 5.41) is 0. The third kappa shape index (κ3) is 4.36. The maximum atomic E-state index is 13.1. The molecule has 0 heterocycles. The SMILES string of the molecule is CCOC(=O)C(F)=COS(=O)(=O)c1ccc(C)cc1. The summed E-state index contributed by atoms with van der Waals surface area (Å²) < 4.78 is 45.0. The van der Waals surface area contributed by atoms with E-state index >= 15 is 0 Å². The van der Waals surface area contributed by atoms with Gasteiger partial charge < -0.3 is 8.92 Å². The minimum absolute atomic E-state index is 0.0230. The highest BCUT2D eigenvalue weighted by Crippen LogP contribution is 2.14. The molecule has 0 saturated heterocycles. The number of ether oxygens (including phenoxy) is 1. The van der Waals surface area contributed by atoms with E-state index in [9.17, 15) is 17.6 Å². The average Bonchev–Trinajstić information content (AvgIpc) is 2.37. The number of halogens is 1. The molecule has 0 aliphatic rings. The number of hydrogen-bond donors (Lipinski definition) is 0. The Bertz CT molecular complexity index is 575. The Kier molecular flexibility index (Phi) is 5.05. The molecule has 0 saturated carbocycles. The Morgan fingerprint density at radius 3 is 2.42 bits per heavy atom. The molecule has 19 heavy (non-hydrogen) atoms. The molecule has 1 aromatic carbocycles. The molecule has 0 amide bonds. The number of aryl methyl sites for hydroxylation is 1. The Balaban J connectivity index is 2.83. The maximum Gasteiger partial charge on any atom is 0.370 e. The van der Waals surface area contributed by atoms with Crippen molar-refractivity contribution in [2.75, 3.05) is 6.61 Å². The van der Waals surface area contributed by atoms with Crippen LogP contribution in [-0.4, -0.2) is 21.0 Å². The van der Waals surface area contributed by atoms with E-state index in [0.717, 1.165) is 5.56 Å². The summed E-state index contributed by atoms with van der Waals surface area (Å²) in [6.45, 7) is 3.26. The lowest BCUT2D eigenvalue weighted by Crippen LogP contribution is -2.07. The van der Waals surface area contributed by atoms with E-state index in [1.807, 2.05) is 0 Å². The van der Waals surface area contributed by atoms with Gasteiger partial charge in [-0.05, 0) is 26.0 Å². The summed E-state index contributed by atoms with van der Waals surface area (Å²) >= 11 is 0. The van der Waals surface area contributed by atoms with Crippen LogP contribution in [0.3, 0.4) is 0 Å². The molecular weight excluding hydrogens is 275 g/mol. The molecule has 7 heteroatoms. The zero-order valence-corrected chi connectivity index (χ0v) is 11.2. The van der Waals surface area contributed by atoms with Crippen LogP contribution in [0.15, 0.2) is 41.2 Å². The lowest BCUT2D eigenvalue weighted by atomic mass is 10.2. The first kappa shape index (κ1) is 15.2. The maximum absolute atomic E-state index is 13.1. The van der Waals surface area contributed by atoms with Crippen LogP contribution in [0, 0.1) is 6.92 Å². The van der Waals surface area contributed by atoms with E-state index in [1.165, 1.54) is 19.1 Å². The molecule has 1 aromatic rings. The highest BCUT2D eigenvalue weighted by Gasteiger charge is 2.17. The molecule has 0 atom stereocenters. The third-order valence-corrected chi connectivity index (χ3v) is 3.26. The van der Waals surface area contributed by atoms with Crippen LogP contribution in [0.4, 0.5) is 4.39 Å². The average molecular weight is 288 g/mol. The molecule has 1 rings (SSSR count). The van der Waals surface area contributed by atoms with Gasteiger partial charge in [-0.1, -0.05) is 17.7 Å². The van der Waals surface area contributed by atoms with Crippen LogP contribution in [-0.2, 0) is 23.8 Å². The summed E-state index contributed by atoms with van der Waals surface area (Å²) in [4.78, 5) is 10.8. The van der Waals surface area contributed by atoms with Crippen LogP contribution >= 0.6 is 0 Å². The van der Waals surface area contributed by atoms with Gasteiger partial charge in [0.2, 0.25) is 5.83 Å². The van der Waals surface area contributed by atoms with Crippen molar-refractivity contribution in [1.82, 2.24) is 0 Å². The van der Waals surface area contributed by atoms with Crippen molar-refractivity contribution in [1.29, 1.82) is 0 Å². The van der Waals surface area contributed by atoms with Crippen LogP contribution < -0.4 is 0 Å². The van der Waals surface area contributed by atoms with E-state index < -0.39 is 21.9 Å². The third-order valence-electron chi connectivity index (χ3n) is 2.06. The molecule has 104 valence electrons. The van der Waals surface area contributed by atoms with Crippen LogP contribution in [0.2, 0.25) is 0 Å². The van der Waals surface area contributed by atoms with Crippen LogP contribution in [0.25, 0.3) is 0 Å². The molecule has 0 bridgehead atoms. The molecule has 0 spiro atoms.